The first-order valence-electron chi connectivity index (χ1n) is 9.79. The lowest BCUT2D eigenvalue weighted by Crippen LogP contribution is -2.18. The van der Waals surface area contributed by atoms with E-state index in [0.717, 1.165) is 55.5 Å². The summed E-state index contributed by atoms with van der Waals surface area (Å²) < 4.78 is 17.1. The van der Waals surface area contributed by atoms with Crippen molar-refractivity contribution >= 4 is 33.0 Å². The van der Waals surface area contributed by atoms with Gasteiger partial charge >= 0.3 is 6.03 Å². The number of thiazole rings is 1. The number of hydrogen-bond acceptors (Lipinski definition) is 5. The number of hydrogen-bond donors (Lipinski definition) is 3. The van der Waals surface area contributed by atoms with Gasteiger partial charge in [0.05, 0.1) is 5.69 Å². The van der Waals surface area contributed by atoms with Crippen molar-refractivity contribution in [1.29, 1.82) is 0 Å². The fourth-order valence-corrected chi connectivity index (χ4v) is 6.65. The zero-order valence-corrected chi connectivity index (χ0v) is 18.5. The second-order valence-electron chi connectivity index (χ2n) is 8.28. The zero-order chi connectivity index (χ0) is 21.0. The van der Waals surface area contributed by atoms with Gasteiger partial charge in [-0.05, 0) is 81.5 Å². The van der Waals surface area contributed by atoms with Gasteiger partial charge in [-0.1, -0.05) is 6.07 Å². The summed E-state index contributed by atoms with van der Waals surface area (Å²) >= 11 is 1.03. The van der Waals surface area contributed by atoms with Crippen LogP contribution >= 0.6 is 11.3 Å². The van der Waals surface area contributed by atoms with E-state index >= 15 is 0 Å². The molecule has 0 radical (unpaired) electrons. The van der Waals surface area contributed by atoms with Gasteiger partial charge in [-0.3, -0.25) is 0 Å². The Bertz CT molecular complexity index is 1090. The third-order valence-electron chi connectivity index (χ3n) is 5.47. The van der Waals surface area contributed by atoms with Crippen LogP contribution in [0.5, 0.6) is 0 Å². The summed E-state index contributed by atoms with van der Waals surface area (Å²) in [5.74, 6) is 0. The van der Waals surface area contributed by atoms with E-state index in [1.807, 2.05) is 0 Å². The molecule has 0 saturated heterocycles. The number of aliphatic hydroxyl groups is 1. The molecule has 1 aromatic heterocycles. The summed E-state index contributed by atoms with van der Waals surface area (Å²) in [5, 5.41) is 19.4. The molecule has 0 aliphatic heterocycles. The summed E-state index contributed by atoms with van der Waals surface area (Å²) in [6, 6.07) is 1.58. The molecule has 29 heavy (non-hydrogen) atoms. The van der Waals surface area contributed by atoms with Crippen LogP contribution in [-0.4, -0.2) is 20.3 Å². The minimum absolute atomic E-state index is 0.216. The summed E-state index contributed by atoms with van der Waals surface area (Å²) in [6.45, 7) is 4.83. The van der Waals surface area contributed by atoms with Gasteiger partial charge in [0.25, 0.3) is 0 Å². The second-order valence-corrected chi connectivity index (χ2v) is 11.3. The molecule has 7 nitrogen and oxygen atoms in total. The van der Waals surface area contributed by atoms with Gasteiger partial charge in [0.15, 0.2) is 9.92 Å². The SMILES string of the molecule is Cc1nc(C(C)(C)O)sc1S(N)(=O)=NC(=O)Nc1c2c(cc3c1CCC3)CCC2. The fraction of sp³-hybridized carbons (Fsp3) is 0.500. The van der Waals surface area contributed by atoms with Gasteiger partial charge < -0.3 is 10.4 Å². The molecule has 0 spiro atoms. The van der Waals surface area contributed by atoms with Crippen LogP contribution in [0.2, 0.25) is 0 Å². The van der Waals surface area contributed by atoms with E-state index in [9.17, 15) is 14.1 Å². The van der Waals surface area contributed by atoms with Gasteiger partial charge in [-0.2, -0.15) is 0 Å². The highest BCUT2D eigenvalue weighted by Gasteiger charge is 2.27. The largest absolute Gasteiger partial charge is 0.383 e. The van der Waals surface area contributed by atoms with Crippen molar-refractivity contribution in [3.63, 3.8) is 0 Å². The average Bonchev–Trinajstić information content (AvgIpc) is 3.31. The minimum Gasteiger partial charge on any atom is -0.383 e. The van der Waals surface area contributed by atoms with Crippen LogP contribution < -0.4 is 10.5 Å². The van der Waals surface area contributed by atoms with Crippen molar-refractivity contribution < 1.29 is 14.1 Å². The van der Waals surface area contributed by atoms with Crippen molar-refractivity contribution in [2.75, 3.05) is 5.32 Å². The summed E-state index contributed by atoms with van der Waals surface area (Å²) in [5.41, 5.74) is 5.01. The van der Waals surface area contributed by atoms with Crippen molar-refractivity contribution in [3.8, 4) is 0 Å². The molecule has 1 unspecified atom stereocenters. The lowest BCUT2D eigenvalue weighted by Gasteiger charge is -2.15. The lowest BCUT2D eigenvalue weighted by molar-refractivity contribution is 0.0781. The summed E-state index contributed by atoms with van der Waals surface area (Å²) in [6.07, 6.45) is 6.06. The average molecular weight is 435 g/mol. The molecule has 2 aliphatic rings. The lowest BCUT2D eigenvalue weighted by atomic mass is 9.99. The predicted octanol–water partition coefficient (Wildman–Crippen LogP) is 3.59. The van der Waals surface area contributed by atoms with Gasteiger partial charge in [0.2, 0.25) is 0 Å². The van der Waals surface area contributed by atoms with E-state index in [0.29, 0.717) is 10.7 Å². The molecule has 156 valence electrons. The van der Waals surface area contributed by atoms with Crippen LogP contribution in [0, 0.1) is 6.92 Å². The molecular weight excluding hydrogens is 408 g/mol. The highest BCUT2D eigenvalue weighted by Crippen LogP contribution is 2.39. The van der Waals surface area contributed by atoms with Crippen LogP contribution in [0.15, 0.2) is 14.6 Å². The van der Waals surface area contributed by atoms with Gasteiger partial charge in [-0.15, -0.1) is 15.7 Å². The molecule has 4 N–H and O–H groups in total. The third-order valence-corrected chi connectivity index (χ3v) is 8.96. The second kappa shape index (κ2) is 7.16. The molecule has 1 atom stereocenters. The molecule has 0 saturated carbocycles. The zero-order valence-electron chi connectivity index (χ0n) is 16.9. The standard InChI is InChI=1S/C20H26N4O3S2/c1-11-17(28-18(22-11)20(2,3)26)29(21,27)24-19(25)23-16-14-8-4-6-12(14)10-13-7-5-9-15(13)16/h10,26H,4-9H2,1-3H3,(H3,21,23,24,25,27). The molecule has 2 amide bonds. The molecular formula is C20H26N4O3S2. The Morgan fingerprint density at radius 3 is 2.34 bits per heavy atom. The number of benzene rings is 1. The van der Waals surface area contributed by atoms with Gasteiger partial charge in [-0.25, -0.2) is 19.1 Å². The first-order chi connectivity index (χ1) is 13.6. The molecule has 0 bridgehead atoms. The molecule has 4 rings (SSSR count). The number of amides is 2. The number of fused-ring (bicyclic) bond motifs is 2. The number of nitrogens with one attached hydrogen (secondary N) is 1. The molecule has 2 aliphatic carbocycles. The van der Waals surface area contributed by atoms with Gasteiger partial charge in [0.1, 0.15) is 14.8 Å². The number of anilines is 1. The first kappa shape index (κ1) is 20.5. The number of aryl methyl sites for hydroxylation is 3. The minimum atomic E-state index is -3.47. The molecule has 0 fully saturated rings. The van der Waals surface area contributed by atoms with E-state index in [1.54, 1.807) is 20.8 Å². The maximum atomic E-state index is 13.1. The third kappa shape index (κ3) is 3.84. The van der Waals surface area contributed by atoms with E-state index in [2.05, 4.69) is 20.7 Å². The molecule has 1 heterocycles. The predicted molar refractivity (Wildman–Crippen MR) is 115 cm³/mol. The maximum Gasteiger partial charge on any atom is 0.354 e. The monoisotopic (exact) mass is 434 g/mol. The highest BCUT2D eigenvalue weighted by molar-refractivity contribution is 7.93. The van der Waals surface area contributed by atoms with Crippen LogP contribution in [0.25, 0.3) is 0 Å². The maximum absolute atomic E-state index is 13.1. The number of carbonyl (C=O) groups excluding carboxylic acids is 1. The first-order valence-corrected chi connectivity index (χ1v) is 12.2. The molecule has 1 aromatic carbocycles. The van der Waals surface area contributed by atoms with E-state index in [1.165, 1.54) is 22.3 Å². The summed E-state index contributed by atoms with van der Waals surface area (Å²) in [7, 11) is -3.47. The normalized spacial score (nSPS) is 17.6. The van der Waals surface area contributed by atoms with Crippen LogP contribution in [0.4, 0.5) is 10.5 Å². The van der Waals surface area contributed by atoms with E-state index in [4.69, 9.17) is 5.14 Å². The van der Waals surface area contributed by atoms with Crippen LogP contribution in [0.1, 0.15) is 59.6 Å². The van der Waals surface area contributed by atoms with Crippen LogP contribution in [0.3, 0.4) is 0 Å². The fourth-order valence-electron chi connectivity index (χ4n) is 4.18. The van der Waals surface area contributed by atoms with E-state index in [-0.39, 0.29) is 4.21 Å². The van der Waals surface area contributed by atoms with E-state index < -0.39 is 21.5 Å². The molecule has 9 heteroatoms. The van der Waals surface area contributed by atoms with Crippen LogP contribution in [-0.2, 0) is 41.2 Å². The Kier molecular flexibility index (Phi) is 5.05. The summed E-state index contributed by atoms with van der Waals surface area (Å²) in [4.78, 5) is 17.0. The number of urea groups is 1. The Balaban J connectivity index is 1.68. The van der Waals surface area contributed by atoms with Crippen molar-refractivity contribution in [3.05, 3.63) is 39.0 Å². The number of rotatable bonds is 3. The number of nitrogens with two attached hydrogens (primary N) is 1. The topological polar surface area (TPSA) is 118 Å². The quantitative estimate of drug-likeness (QED) is 0.684. The Labute approximate surface area is 175 Å². The Hall–Kier alpha value is -1.81. The Morgan fingerprint density at radius 1 is 1.24 bits per heavy atom. The molecule has 2 aromatic rings. The number of nitrogens with zero attached hydrogens (tertiary/aromatic N) is 2. The smallest absolute Gasteiger partial charge is 0.354 e. The number of carbonyl (C=O) groups is 1. The van der Waals surface area contributed by atoms with Gasteiger partial charge in [0, 0.05) is 5.69 Å². The highest BCUT2D eigenvalue weighted by atomic mass is 32.2. The number of aromatic nitrogens is 1. The van der Waals surface area contributed by atoms with Crippen molar-refractivity contribution in [2.24, 2.45) is 9.50 Å². The Morgan fingerprint density at radius 2 is 1.83 bits per heavy atom. The van der Waals surface area contributed by atoms with Crippen molar-refractivity contribution in [1.82, 2.24) is 4.98 Å². The van der Waals surface area contributed by atoms with Crippen molar-refractivity contribution in [2.45, 2.75) is 69.1 Å².